The molecule has 3 rings (SSSR count). The van der Waals surface area contributed by atoms with E-state index >= 15 is 0 Å². The minimum Gasteiger partial charge on any atom is -0.436 e. The monoisotopic (exact) mass is 213 g/mol. The Kier molecular flexibility index (Phi) is 1.76. The topological polar surface area (TPSA) is 26.0 Å². The number of nitrogens with zero attached hydrogens (tertiary/aromatic N) is 1. The zero-order valence-corrected chi connectivity index (χ0v) is 8.45. The van der Waals surface area contributed by atoms with Crippen molar-refractivity contribution >= 4 is 47.0 Å². The molecule has 0 N–H and O–H groups in total. The van der Waals surface area contributed by atoms with Gasteiger partial charge in [-0.3, -0.25) is 0 Å². The number of hydrogen-bond acceptors (Lipinski definition) is 2. The molecular weight excluding hydrogens is 208 g/mol. The number of hydrogen-bond donors (Lipinski definition) is 0. The highest BCUT2D eigenvalue weighted by atomic mass is 35.5. The molecule has 0 atom stereocenters. The van der Waals surface area contributed by atoms with E-state index in [0.29, 0.717) is 21.8 Å². The molecule has 0 aliphatic rings. The van der Waals surface area contributed by atoms with Crippen molar-refractivity contribution in [2.75, 3.05) is 0 Å². The van der Waals surface area contributed by atoms with E-state index in [9.17, 15) is 0 Å². The number of rotatable bonds is 0. The molecule has 0 bridgehead atoms. The molecule has 0 saturated carbocycles. The Morgan fingerprint density at radius 1 is 1.27 bits per heavy atom. The maximum Gasteiger partial charge on any atom is 0.227 e. The SMILES string of the molecule is [B]c1ccc(Cl)c2oc3ncccc3c12. The van der Waals surface area contributed by atoms with Gasteiger partial charge in [-0.05, 0) is 18.2 Å². The average Bonchev–Trinajstić information content (AvgIpc) is 2.64. The van der Waals surface area contributed by atoms with Gasteiger partial charge in [-0.2, -0.15) is 0 Å². The van der Waals surface area contributed by atoms with E-state index in [-0.39, 0.29) is 0 Å². The van der Waals surface area contributed by atoms with Gasteiger partial charge in [0.05, 0.1) is 5.02 Å². The number of aromatic nitrogens is 1. The zero-order chi connectivity index (χ0) is 10.4. The number of pyridine rings is 1. The summed E-state index contributed by atoms with van der Waals surface area (Å²) in [6.07, 6.45) is 1.68. The predicted octanol–water partition coefficient (Wildman–Crippen LogP) is 2.43. The fourth-order valence-electron chi connectivity index (χ4n) is 1.71. The minimum absolute atomic E-state index is 0.553. The van der Waals surface area contributed by atoms with Crippen LogP contribution in [0.2, 0.25) is 5.02 Å². The molecule has 4 heteroatoms. The maximum atomic E-state index is 6.02. The third-order valence-electron chi connectivity index (χ3n) is 2.38. The summed E-state index contributed by atoms with van der Waals surface area (Å²) in [6, 6.07) is 7.26. The molecule has 2 heterocycles. The Hall–Kier alpha value is -1.48. The van der Waals surface area contributed by atoms with Gasteiger partial charge in [-0.1, -0.05) is 23.1 Å². The molecule has 0 unspecified atom stereocenters. The van der Waals surface area contributed by atoms with Crippen molar-refractivity contribution in [3.8, 4) is 0 Å². The van der Waals surface area contributed by atoms with E-state index in [4.69, 9.17) is 23.9 Å². The third kappa shape index (κ3) is 1.16. The summed E-state index contributed by atoms with van der Waals surface area (Å²) in [6.45, 7) is 0. The van der Waals surface area contributed by atoms with Gasteiger partial charge in [0.2, 0.25) is 5.71 Å². The molecule has 0 amide bonds. The number of benzene rings is 1. The van der Waals surface area contributed by atoms with Crippen LogP contribution in [-0.4, -0.2) is 12.8 Å². The fourth-order valence-corrected chi connectivity index (χ4v) is 1.91. The summed E-state index contributed by atoms with van der Waals surface area (Å²) in [4.78, 5) is 4.12. The van der Waals surface area contributed by atoms with Crippen LogP contribution >= 0.6 is 11.6 Å². The molecule has 0 aliphatic carbocycles. The van der Waals surface area contributed by atoms with Crippen LogP contribution in [0.4, 0.5) is 0 Å². The minimum atomic E-state index is 0.553. The van der Waals surface area contributed by atoms with Crippen molar-refractivity contribution in [3.05, 3.63) is 35.5 Å². The van der Waals surface area contributed by atoms with Crippen LogP contribution in [0.15, 0.2) is 34.9 Å². The number of halogens is 1. The van der Waals surface area contributed by atoms with Gasteiger partial charge in [0.25, 0.3) is 0 Å². The molecule has 15 heavy (non-hydrogen) atoms. The molecule has 70 valence electrons. The van der Waals surface area contributed by atoms with Crippen molar-refractivity contribution in [3.63, 3.8) is 0 Å². The molecule has 2 radical (unpaired) electrons. The van der Waals surface area contributed by atoms with Gasteiger partial charge >= 0.3 is 0 Å². The van der Waals surface area contributed by atoms with Gasteiger partial charge in [-0.15, -0.1) is 0 Å². The summed E-state index contributed by atoms with van der Waals surface area (Å²) < 4.78 is 5.54. The van der Waals surface area contributed by atoms with Crippen LogP contribution in [0.3, 0.4) is 0 Å². The molecule has 0 saturated heterocycles. The lowest BCUT2D eigenvalue weighted by atomic mass is 9.91. The van der Waals surface area contributed by atoms with Crippen LogP contribution in [0.25, 0.3) is 22.1 Å². The Labute approximate surface area is 92.3 Å². The summed E-state index contributed by atoms with van der Waals surface area (Å²) in [5, 5.41) is 2.29. The van der Waals surface area contributed by atoms with Crippen LogP contribution in [0.5, 0.6) is 0 Å². The lowest BCUT2D eigenvalue weighted by Crippen LogP contribution is -2.01. The quantitative estimate of drug-likeness (QED) is 0.536. The smallest absolute Gasteiger partial charge is 0.227 e. The second-order valence-corrected chi connectivity index (χ2v) is 3.71. The summed E-state index contributed by atoms with van der Waals surface area (Å²) in [5.74, 6) is 0. The molecule has 2 nitrogen and oxygen atoms in total. The van der Waals surface area contributed by atoms with E-state index in [1.807, 2.05) is 12.1 Å². The van der Waals surface area contributed by atoms with Gasteiger partial charge in [-0.25, -0.2) is 4.98 Å². The lowest BCUT2D eigenvalue weighted by molar-refractivity contribution is 0.654. The van der Waals surface area contributed by atoms with Crippen molar-refractivity contribution in [1.29, 1.82) is 0 Å². The van der Waals surface area contributed by atoms with Crippen LogP contribution in [0, 0.1) is 0 Å². The molecule has 0 fully saturated rings. The van der Waals surface area contributed by atoms with Crippen LogP contribution in [-0.2, 0) is 0 Å². The predicted molar refractivity (Wildman–Crippen MR) is 61.9 cm³/mol. The molecule has 2 aromatic heterocycles. The van der Waals surface area contributed by atoms with E-state index in [1.54, 1.807) is 18.3 Å². The third-order valence-corrected chi connectivity index (χ3v) is 2.68. The summed E-state index contributed by atoms with van der Waals surface area (Å²) in [7, 11) is 5.89. The zero-order valence-electron chi connectivity index (χ0n) is 7.70. The first-order valence-electron chi connectivity index (χ1n) is 4.48. The van der Waals surface area contributed by atoms with Crippen LogP contribution in [0.1, 0.15) is 0 Å². The molecule has 3 aromatic rings. The highest BCUT2D eigenvalue weighted by Gasteiger charge is 2.11. The Bertz CT molecular complexity index is 662. The van der Waals surface area contributed by atoms with E-state index in [0.717, 1.165) is 10.8 Å². The molecule has 1 aromatic carbocycles. The highest BCUT2D eigenvalue weighted by molar-refractivity contribution is 6.44. The number of furan rings is 1. The Morgan fingerprint density at radius 3 is 3.00 bits per heavy atom. The van der Waals surface area contributed by atoms with E-state index < -0.39 is 0 Å². The van der Waals surface area contributed by atoms with Crippen molar-refractivity contribution in [2.24, 2.45) is 0 Å². The normalized spacial score (nSPS) is 11.3. The highest BCUT2D eigenvalue weighted by Crippen LogP contribution is 2.30. The van der Waals surface area contributed by atoms with Crippen molar-refractivity contribution < 1.29 is 4.42 Å². The van der Waals surface area contributed by atoms with Gasteiger partial charge in [0, 0.05) is 17.0 Å². The number of fused-ring (bicyclic) bond motifs is 3. The van der Waals surface area contributed by atoms with Crippen molar-refractivity contribution in [1.82, 2.24) is 4.98 Å². The van der Waals surface area contributed by atoms with Gasteiger partial charge in [0.1, 0.15) is 7.85 Å². The first kappa shape index (κ1) is 8.80. The lowest BCUT2D eigenvalue weighted by Gasteiger charge is -1.96. The second kappa shape index (κ2) is 3.01. The Morgan fingerprint density at radius 2 is 2.13 bits per heavy atom. The van der Waals surface area contributed by atoms with E-state index in [1.165, 1.54) is 0 Å². The van der Waals surface area contributed by atoms with E-state index in [2.05, 4.69) is 4.98 Å². The largest absolute Gasteiger partial charge is 0.436 e. The van der Waals surface area contributed by atoms with Gasteiger partial charge < -0.3 is 4.42 Å². The van der Waals surface area contributed by atoms with Crippen LogP contribution < -0.4 is 5.46 Å². The molecule has 0 aliphatic heterocycles. The summed E-state index contributed by atoms with van der Waals surface area (Å²) >= 11 is 6.02. The molecule has 0 spiro atoms. The standard InChI is InChI=1S/C11H5BClNO/c12-7-3-4-8(13)10-9(7)6-2-1-5-14-11(6)15-10/h1-5H. The fraction of sp³-hybridized carbons (Fsp3) is 0. The van der Waals surface area contributed by atoms with Gasteiger partial charge in [0.15, 0.2) is 5.58 Å². The first-order valence-corrected chi connectivity index (χ1v) is 4.86. The first-order chi connectivity index (χ1) is 7.27. The maximum absolute atomic E-state index is 6.02. The molecular formula is C11H5BClNO. The average molecular weight is 213 g/mol. The second-order valence-electron chi connectivity index (χ2n) is 3.30. The Balaban J connectivity index is 2.66. The van der Waals surface area contributed by atoms with Crippen molar-refractivity contribution in [2.45, 2.75) is 0 Å². The summed E-state index contributed by atoms with van der Waals surface area (Å²) in [5.41, 5.74) is 1.82.